The second kappa shape index (κ2) is 5.16. The van der Waals surface area contributed by atoms with Crippen LogP contribution in [0.4, 0.5) is 0 Å². The first kappa shape index (κ1) is 11.8. The van der Waals surface area contributed by atoms with Crippen molar-refractivity contribution in [2.24, 2.45) is 0 Å². The minimum Gasteiger partial charge on any atom is -0.337 e. The van der Waals surface area contributed by atoms with Crippen LogP contribution in [0.2, 0.25) is 0 Å². The van der Waals surface area contributed by atoms with Crippen LogP contribution in [0.5, 0.6) is 0 Å². The molecule has 0 radical (unpaired) electrons. The summed E-state index contributed by atoms with van der Waals surface area (Å²) in [5, 5.41) is 0.448. The lowest BCUT2D eigenvalue weighted by molar-refractivity contribution is 0.677. The third-order valence-corrected chi connectivity index (χ3v) is 4.01. The van der Waals surface area contributed by atoms with Gasteiger partial charge >= 0.3 is 0 Å². The lowest BCUT2D eigenvalue weighted by Gasteiger charge is -2.07. The molecule has 0 saturated carbocycles. The van der Waals surface area contributed by atoms with E-state index >= 15 is 0 Å². The molecule has 0 aliphatic carbocycles. The highest BCUT2D eigenvalue weighted by molar-refractivity contribution is 7.85. The van der Waals surface area contributed by atoms with Gasteiger partial charge < -0.3 is 4.98 Å². The molecule has 1 atom stereocenters. The van der Waals surface area contributed by atoms with Gasteiger partial charge in [-0.15, -0.1) is 0 Å². The van der Waals surface area contributed by atoms with Gasteiger partial charge in [-0.05, 0) is 18.2 Å². The van der Waals surface area contributed by atoms with Crippen LogP contribution in [0.25, 0.3) is 11.3 Å². The molecule has 94 valence electrons. The summed E-state index contributed by atoms with van der Waals surface area (Å²) in [6, 6.07) is 13.2. The molecule has 0 aliphatic heterocycles. The number of aromatic amines is 1. The standard InChI is InChI=1S/C14H11N3OS/c18-19(14-16-9-10-17-14)13-7-2-1-5-11(13)12-6-3-4-8-15-12/h1-10H,(H,16,17). The first-order valence-electron chi connectivity index (χ1n) is 5.78. The van der Waals surface area contributed by atoms with Crippen LogP contribution in [0.3, 0.4) is 0 Å². The summed E-state index contributed by atoms with van der Waals surface area (Å²) in [6.07, 6.45) is 4.98. The van der Waals surface area contributed by atoms with E-state index in [9.17, 15) is 4.21 Å². The fourth-order valence-electron chi connectivity index (χ4n) is 1.82. The molecule has 2 aromatic heterocycles. The van der Waals surface area contributed by atoms with Gasteiger partial charge in [0.1, 0.15) is 10.8 Å². The van der Waals surface area contributed by atoms with Crippen molar-refractivity contribution in [3.63, 3.8) is 0 Å². The molecule has 1 aromatic carbocycles. The third kappa shape index (κ3) is 2.32. The molecule has 1 N–H and O–H groups in total. The molecule has 0 saturated heterocycles. The molecule has 0 spiro atoms. The zero-order chi connectivity index (χ0) is 13.1. The fraction of sp³-hybridized carbons (Fsp3) is 0. The summed E-state index contributed by atoms with van der Waals surface area (Å²) >= 11 is 0. The van der Waals surface area contributed by atoms with E-state index in [0.717, 1.165) is 11.3 Å². The highest BCUT2D eigenvalue weighted by Gasteiger charge is 2.15. The van der Waals surface area contributed by atoms with Crippen LogP contribution in [0, 0.1) is 0 Å². The van der Waals surface area contributed by atoms with Crippen molar-refractivity contribution in [1.29, 1.82) is 0 Å². The molecule has 3 rings (SSSR count). The van der Waals surface area contributed by atoms with E-state index in [0.29, 0.717) is 10.1 Å². The number of imidazole rings is 1. The van der Waals surface area contributed by atoms with Crippen molar-refractivity contribution in [2.75, 3.05) is 0 Å². The van der Waals surface area contributed by atoms with Gasteiger partial charge in [0, 0.05) is 24.2 Å². The maximum absolute atomic E-state index is 12.5. The monoisotopic (exact) mass is 269 g/mol. The number of nitrogens with one attached hydrogen (secondary N) is 1. The summed E-state index contributed by atoms with van der Waals surface area (Å²) in [7, 11) is -1.33. The van der Waals surface area contributed by atoms with Crippen LogP contribution in [0.15, 0.2) is 71.1 Å². The molecule has 19 heavy (non-hydrogen) atoms. The molecular formula is C14H11N3OS. The number of rotatable bonds is 3. The Morgan fingerprint density at radius 3 is 2.53 bits per heavy atom. The Morgan fingerprint density at radius 1 is 0.947 bits per heavy atom. The van der Waals surface area contributed by atoms with Crippen LogP contribution < -0.4 is 0 Å². The number of hydrogen-bond acceptors (Lipinski definition) is 3. The summed E-state index contributed by atoms with van der Waals surface area (Å²) in [6.45, 7) is 0. The highest BCUT2D eigenvalue weighted by atomic mass is 32.2. The average Bonchev–Trinajstić information content (AvgIpc) is 3.02. The number of hydrogen-bond donors (Lipinski definition) is 1. The molecule has 3 aromatic rings. The maximum atomic E-state index is 12.5. The molecule has 2 heterocycles. The Labute approximate surface area is 113 Å². The molecule has 0 aliphatic rings. The number of H-pyrrole nitrogens is 1. The SMILES string of the molecule is O=S(c1ncc[nH]1)c1ccccc1-c1ccccn1. The molecular weight excluding hydrogens is 258 g/mol. The number of aromatic nitrogens is 3. The first-order valence-corrected chi connectivity index (χ1v) is 6.93. The zero-order valence-electron chi connectivity index (χ0n) is 9.98. The van der Waals surface area contributed by atoms with E-state index in [4.69, 9.17) is 0 Å². The minimum atomic E-state index is -1.33. The molecule has 0 bridgehead atoms. The maximum Gasteiger partial charge on any atom is 0.201 e. The van der Waals surface area contributed by atoms with Gasteiger partial charge in [0.25, 0.3) is 0 Å². The van der Waals surface area contributed by atoms with E-state index in [2.05, 4.69) is 15.0 Å². The number of pyridine rings is 1. The van der Waals surface area contributed by atoms with Crippen molar-refractivity contribution in [3.8, 4) is 11.3 Å². The lowest BCUT2D eigenvalue weighted by Crippen LogP contribution is -1.98. The van der Waals surface area contributed by atoms with E-state index in [-0.39, 0.29) is 0 Å². The van der Waals surface area contributed by atoms with Crippen LogP contribution >= 0.6 is 0 Å². The predicted octanol–water partition coefficient (Wildman–Crippen LogP) is 2.64. The summed E-state index contributed by atoms with van der Waals surface area (Å²) in [4.78, 5) is 11.9. The average molecular weight is 269 g/mol. The Bertz CT molecular complexity index is 696. The van der Waals surface area contributed by atoms with Gasteiger partial charge in [-0.25, -0.2) is 9.19 Å². The predicted molar refractivity (Wildman–Crippen MR) is 72.9 cm³/mol. The minimum absolute atomic E-state index is 0.448. The summed E-state index contributed by atoms with van der Waals surface area (Å²) in [5.41, 5.74) is 1.66. The normalized spacial score (nSPS) is 12.2. The van der Waals surface area contributed by atoms with Crippen molar-refractivity contribution in [2.45, 2.75) is 10.1 Å². The Kier molecular flexibility index (Phi) is 3.20. The molecule has 4 nitrogen and oxygen atoms in total. The van der Waals surface area contributed by atoms with Crippen molar-refractivity contribution in [3.05, 3.63) is 61.1 Å². The summed E-state index contributed by atoms with van der Waals surface area (Å²) in [5.74, 6) is 0. The fourth-order valence-corrected chi connectivity index (χ4v) is 2.93. The number of nitrogens with zero attached hydrogens (tertiary/aromatic N) is 2. The molecule has 0 fully saturated rings. The van der Waals surface area contributed by atoms with Crippen LogP contribution in [0.1, 0.15) is 0 Å². The van der Waals surface area contributed by atoms with E-state index in [1.165, 1.54) is 0 Å². The second-order valence-corrected chi connectivity index (χ2v) is 5.24. The van der Waals surface area contributed by atoms with Crippen molar-refractivity contribution >= 4 is 10.8 Å². The second-order valence-electron chi connectivity index (χ2n) is 3.87. The van der Waals surface area contributed by atoms with Crippen molar-refractivity contribution < 1.29 is 4.21 Å². The van der Waals surface area contributed by atoms with E-state index < -0.39 is 10.8 Å². The molecule has 1 unspecified atom stereocenters. The largest absolute Gasteiger partial charge is 0.337 e. The van der Waals surface area contributed by atoms with Crippen LogP contribution in [-0.2, 0) is 10.8 Å². The highest BCUT2D eigenvalue weighted by Crippen LogP contribution is 2.26. The van der Waals surface area contributed by atoms with Gasteiger partial charge in [-0.2, -0.15) is 0 Å². The lowest BCUT2D eigenvalue weighted by atomic mass is 10.1. The quantitative estimate of drug-likeness (QED) is 0.795. The Hall–Kier alpha value is -2.27. The van der Waals surface area contributed by atoms with Crippen LogP contribution in [-0.4, -0.2) is 19.2 Å². The van der Waals surface area contributed by atoms with E-state index in [1.54, 1.807) is 18.6 Å². The van der Waals surface area contributed by atoms with Gasteiger partial charge in [-0.3, -0.25) is 4.98 Å². The topological polar surface area (TPSA) is 58.6 Å². The Balaban J connectivity index is 2.11. The number of benzene rings is 1. The Morgan fingerprint density at radius 2 is 1.79 bits per heavy atom. The first-order chi connectivity index (χ1) is 9.36. The summed E-state index contributed by atoms with van der Waals surface area (Å²) < 4.78 is 12.5. The van der Waals surface area contributed by atoms with Gasteiger partial charge in [0.15, 0.2) is 0 Å². The van der Waals surface area contributed by atoms with E-state index in [1.807, 2.05) is 42.5 Å². The third-order valence-electron chi connectivity index (χ3n) is 2.68. The van der Waals surface area contributed by atoms with Gasteiger partial charge in [0.05, 0.1) is 10.6 Å². The van der Waals surface area contributed by atoms with Gasteiger partial charge in [0.2, 0.25) is 5.16 Å². The zero-order valence-corrected chi connectivity index (χ0v) is 10.8. The molecule has 0 amide bonds. The van der Waals surface area contributed by atoms with Gasteiger partial charge in [-0.1, -0.05) is 24.3 Å². The van der Waals surface area contributed by atoms with Crippen molar-refractivity contribution in [1.82, 2.24) is 15.0 Å². The smallest absolute Gasteiger partial charge is 0.201 e. The molecule has 5 heteroatoms.